The van der Waals surface area contributed by atoms with Gasteiger partial charge in [0.05, 0.1) is 25.0 Å². The minimum absolute atomic E-state index is 0.0478. The SMILES string of the molecule is CC1(C)Cc2nc(C3CCOCC3)c(C=O)c(C3=CCOCC3)c2[C@@H](O[Si](C)(C)C(C)(C)C)C1. The molecule has 34 heavy (non-hydrogen) atoms. The van der Waals surface area contributed by atoms with Gasteiger partial charge < -0.3 is 13.9 Å². The van der Waals surface area contributed by atoms with Gasteiger partial charge in [-0.2, -0.15) is 0 Å². The molecular weight excluding hydrogens is 442 g/mol. The summed E-state index contributed by atoms with van der Waals surface area (Å²) in [4.78, 5) is 18.0. The number of pyridine rings is 1. The molecule has 0 bridgehead atoms. The predicted octanol–water partition coefficient (Wildman–Crippen LogP) is 6.63. The Morgan fingerprint density at radius 3 is 2.44 bits per heavy atom. The lowest BCUT2D eigenvalue weighted by molar-refractivity contribution is 0.0833. The summed E-state index contributed by atoms with van der Waals surface area (Å²) in [5.74, 6) is 0.267. The molecule has 6 heteroatoms. The van der Waals surface area contributed by atoms with Crippen LogP contribution in [0.4, 0.5) is 0 Å². The Morgan fingerprint density at radius 1 is 1.15 bits per heavy atom. The van der Waals surface area contributed by atoms with Gasteiger partial charge in [-0.05, 0) is 66.8 Å². The van der Waals surface area contributed by atoms with E-state index in [9.17, 15) is 4.79 Å². The molecule has 0 spiro atoms. The van der Waals surface area contributed by atoms with Crippen LogP contribution in [0.15, 0.2) is 6.08 Å². The first-order valence-electron chi connectivity index (χ1n) is 13.0. The van der Waals surface area contributed by atoms with E-state index in [1.54, 1.807) is 0 Å². The molecule has 1 saturated heterocycles. The van der Waals surface area contributed by atoms with Crippen molar-refractivity contribution in [2.75, 3.05) is 26.4 Å². The van der Waals surface area contributed by atoms with Crippen LogP contribution in [0.2, 0.25) is 18.1 Å². The summed E-state index contributed by atoms with van der Waals surface area (Å²) in [6.45, 7) is 18.9. The molecule has 0 amide bonds. The number of nitrogens with zero attached hydrogens (tertiary/aromatic N) is 1. The number of hydrogen-bond acceptors (Lipinski definition) is 5. The van der Waals surface area contributed by atoms with Crippen LogP contribution >= 0.6 is 0 Å². The summed E-state index contributed by atoms with van der Waals surface area (Å²) < 4.78 is 18.4. The van der Waals surface area contributed by atoms with E-state index >= 15 is 0 Å². The summed E-state index contributed by atoms with van der Waals surface area (Å²) in [6, 6.07) is 0. The van der Waals surface area contributed by atoms with Gasteiger partial charge in [0, 0.05) is 36.0 Å². The zero-order chi connectivity index (χ0) is 24.7. The van der Waals surface area contributed by atoms with Crippen molar-refractivity contribution >= 4 is 20.2 Å². The van der Waals surface area contributed by atoms with Crippen LogP contribution in [0.5, 0.6) is 0 Å². The van der Waals surface area contributed by atoms with Crippen LogP contribution in [-0.2, 0) is 20.3 Å². The molecule has 3 heterocycles. The van der Waals surface area contributed by atoms with E-state index in [0.29, 0.717) is 13.2 Å². The van der Waals surface area contributed by atoms with E-state index in [4.69, 9.17) is 18.9 Å². The summed E-state index contributed by atoms with van der Waals surface area (Å²) in [5.41, 5.74) is 6.48. The number of fused-ring (bicyclic) bond motifs is 1. The Balaban J connectivity index is 1.94. The van der Waals surface area contributed by atoms with Crippen molar-refractivity contribution in [1.82, 2.24) is 4.98 Å². The number of aldehydes is 1. The van der Waals surface area contributed by atoms with Crippen LogP contribution in [0.1, 0.15) is 105 Å². The Morgan fingerprint density at radius 2 is 1.85 bits per heavy atom. The van der Waals surface area contributed by atoms with Crippen molar-refractivity contribution in [1.29, 1.82) is 0 Å². The molecule has 2 aliphatic heterocycles. The second-order valence-corrected chi connectivity index (χ2v) is 17.4. The van der Waals surface area contributed by atoms with Gasteiger partial charge in [-0.15, -0.1) is 0 Å². The van der Waals surface area contributed by atoms with E-state index in [1.807, 2.05) is 0 Å². The van der Waals surface area contributed by atoms with Crippen molar-refractivity contribution in [3.05, 3.63) is 34.2 Å². The maximum absolute atomic E-state index is 12.7. The van der Waals surface area contributed by atoms with Crippen LogP contribution in [0, 0.1) is 5.41 Å². The van der Waals surface area contributed by atoms with Gasteiger partial charge in [-0.1, -0.05) is 40.7 Å². The van der Waals surface area contributed by atoms with E-state index < -0.39 is 8.32 Å². The van der Waals surface area contributed by atoms with E-state index in [2.05, 4.69) is 53.8 Å². The fraction of sp³-hybridized carbons (Fsp3) is 0.714. The lowest BCUT2D eigenvalue weighted by Gasteiger charge is -2.45. The molecule has 4 rings (SSSR count). The molecule has 1 aliphatic carbocycles. The second-order valence-electron chi connectivity index (χ2n) is 12.6. The molecule has 188 valence electrons. The molecule has 1 aromatic heterocycles. The number of hydrogen-bond donors (Lipinski definition) is 0. The Bertz CT molecular complexity index is 954. The normalized spacial score (nSPS) is 23.9. The van der Waals surface area contributed by atoms with Crippen molar-refractivity contribution < 1.29 is 18.7 Å². The lowest BCUT2D eigenvalue weighted by Crippen LogP contribution is -2.44. The van der Waals surface area contributed by atoms with Crippen molar-refractivity contribution in [2.45, 2.75) is 96.9 Å². The molecular formula is C28H43NO4Si. The second kappa shape index (κ2) is 9.60. The number of carbonyl (C=O) groups is 1. The lowest BCUT2D eigenvalue weighted by atomic mass is 9.71. The Kier molecular flexibility index (Phi) is 7.27. The van der Waals surface area contributed by atoms with Gasteiger partial charge >= 0.3 is 0 Å². The molecule has 3 aliphatic rings. The third-order valence-electron chi connectivity index (χ3n) is 8.34. The highest BCUT2D eigenvalue weighted by atomic mass is 28.4. The highest BCUT2D eigenvalue weighted by Gasteiger charge is 2.45. The molecule has 1 fully saturated rings. The third kappa shape index (κ3) is 5.11. The van der Waals surface area contributed by atoms with Crippen molar-refractivity contribution in [3.63, 3.8) is 0 Å². The zero-order valence-electron chi connectivity index (χ0n) is 22.3. The fourth-order valence-corrected chi connectivity index (χ4v) is 6.69. The molecule has 0 unspecified atom stereocenters. The third-order valence-corrected chi connectivity index (χ3v) is 12.8. The van der Waals surface area contributed by atoms with Crippen LogP contribution in [-0.4, -0.2) is 46.0 Å². The maximum atomic E-state index is 12.7. The maximum Gasteiger partial charge on any atom is 0.192 e. The molecule has 0 aromatic carbocycles. The quantitative estimate of drug-likeness (QED) is 0.346. The van der Waals surface area contributed by atoms with Gasteiger partial charge in [-0.25, -0.2) is 0 Å². The van der Waals surface area contributed by atoms with Gasteiger partial charge in [0.25, 0.3) is 0 Å². The first-order chi connectivity index (χ1) is 15.9. The average Bonchev–Trinajstić information content (AvgIpc) is 2.77. The first kappa shape index (κ1) is 25.7. The van der Waals surface area contributed by atoms with E-state index in [1.165, 1.54) is 11.1 Å². The summed E-state index contributed by atoms with van der Waals surface area (Å²) >= 11 is 0. The molecule has 0 N–H and O–H groups in total. The highest BCUT2D eigenvalue weighted by molar-refractivity contribution is 6.74. The van der Waals surface area contributed by atoms with E-state index in [0.717, 1.165) is 74.1 Å². The average molecular weight is 486 g/mol. The smallest absolute Gasteiger partial charge is 0.192 e. The summed E-state index contributed by atoms with van der Waals surface area (Å²) in [5, 5.41) is 0.107. The van der Waals surface area contributed by atoms with Gasteiger partial charge in [0.15, 0.2) is 14.6 Å². The highest BCUT2D eigenvalue weighted by Crippen LogP contribution is 2.50. The Labute approximate surface area is 206 Å². The molecule has 5 nitrogen and oxygen atoms in total. The fourth-order valence-electron chi connectivity index (χ4n) is 5.43. The molecule has 1 aromatic rings. The molecule has 0 saturated carbocycles. The summed E-state index contributed by atoms with van der Waals surface area (Å²) in [6.07, 6.45) is 7.69. The Hall–Kier alpha value is -1.34. The first-order valence-corrected chi connectivity index (χ1v) is 15.9. The minimum Gasteiger partial charge on any atom is -0.410 e. The van der Waals surface area contributed by atoms with Crippen LogP contribution < -0.4 is 0 Å². The van der Waals surface area contributed by atoms with Crippen molar-refractivity contribution in [3.8, 4) is 0 Å². The van der Waals surface area contributed by atoms with Gasteiger partial charge in [0.1, 0.15) is 0 Å². The topological polar surface area (TPSA) is 57.7 Å². The van der Waals surface area contributed by atoms with Gasteiger partial charge in [0.2, 0.25) is 0 Å². The predicted molar refractivity (Wildman–Crippen MR) is 139 cm³/mol. The number of ether oxygens (including phenoxy) is 2. The van der Waals surface area contributed by atoms with Crippen LogP contribution in [0.25, 0.3) is 5.57 Å². The largest absolute Gasteiger partial charge is 0.410 e. The minimum atomic E-state index is -2.05. The summed E-state index contributed by atoms with van der Waals surface area (Å²) in [7, 11) is -2.05. The number of aromatic nitrogens is 1. The van der Waals surface area contributed by atoms with Gasteiger partial charge in [-0.3, -0.25) is 9.78 Å². The zero-order valence-corrected chi connectivity index (χ0v) is 23.3. The van der Waals surface area contributed by atoms with E-state index in [-0.39, 0.29) is 22.5 Å². The molecule has 1 atom stereocenters. The molecule has 0 radical (unpaired) electrons. The number of carbonyl (C=O) groups excluding carboxylic acids is 1. The monoisotopic (exact) mass is 485 g/mol. The standard InChI is InChI=1S/C28H43NO4Si/c1-27(2,3)34(6,7)33-23-17-28(4,5)16-22-25(23)24(19-8-12-31-13-9-19)21(18-30)26(29-22)20-10-14-32-15-11-20/h8,18,20,23H,9-17H2,1-7H3/t23-/m0/s1. The van der Waals surface area contributed by atoms with Crippen LogP contribution in [0.3, 0.4) is 0 Å². The van der Waals surface area contributed by atoms with Crippen molar-refractivity contribution in [2.24, 2.45) is 5.41 Å². The number of rotatable bonds is 5.